The molecule has 90 valence electrons. The standard InChI is InChI=1S/C16H11N3/c1-2-6-13-12(5-1)8-9-14(18-13)15-11-17-16-7-3-4-10-19(15)16/h1-11H. The van der Waals surface area contributed by atoms with Gasteiger partial charge in [-0.25, -0.2) is 9.97 Å². The van der Waals surface area contributed by atoms with Gasteiger partial charge in [-0.15, -0.1) is 0 Å². The molecule has 0 amide bonds. The number of imidazole rings is 1. The fourth-order valence-corrected chi connectivity index (χ4v) is 2.33. The van der Waals surface area contributed by atoms with Gasteiger partial charge in [0, 0.05) is 11.6 Å². The summed E-state index contributed by atoms with van der Waals surface area (Å²) in [6, 6.07) is 18.2. The predicted octanol–water partition coefficient (Wildman–Crippen LogP) is 3.55. The van der Waals surface area contributed by atoms with Crippen molar-refractivity contribution in [3.8, 4) is 11.4 Å². The van der Waals surface area contributed by atoms with Crippen LogP contribution in [-0.2, 0) is 0 Å². The second kappa shape index (κ2) is 3.92. The molecule has 4 rings (SSSR count). The van der Waals surface area contributed by atoms with E-state index in [4.69, 9.17) is 4.98 Å². The number of hydrogen-bond acceptors (Lipinski definition) is 2. The van der Waals surface area contributed by atoms with Crippen molar-refractivity contribution in [1.82, 2.24) is 14.4 Å². The van der Waals surface area contributed by atoms with Crippen LogP contribution >= 0.6 is 0 Å². The molecular formula is C16H11N3. The normalized spacial score (nSPS) is 11.2. The van der Waals surface area contributed by atoms with Crippen molar-refractivity contribution in [2.45, 2.75) is 0 Å². The molecule has 19 heavy (non-hydrogen) atoms. The molecule has 3 nitrogen and oxygen atoms in total. The summed E-state index contributed by atoms with van der Waals surface area (Å²) in [6.45, 7) is 0. The third-order valence-electron chi connectivity index (χ3n) is 3.28. The van der Waals surface area contributed by atoms with E-state index in [0.29, 0.717) is 0 Å². The van der Waals surface area contributed by atoms with Crippen molar-refractivity contribution in [2.24, 2.45) is 0 Å². The molecule has 0 aliphatic heterocycles. The topological polar surface area (TPSA) is 30.2 Å². The number of benzene rings is 1. The molecule has 0 saturated heterocycles. The first-order chi connectivity index (χ1) is 9.42. The minimum atomic E-state index is 0.937. The van der Waals surface area contributed by atoms with Crippen LogP contribution in [0, 0.1) is 0 Å². The molecule has 0 bridgehead atoms. The van der Waals surface area contributed by atoms with Crippen molar-refractivity contribution in [1.29, 1.82) is 0 Å². The van der Waals surface area contributed by atoms with E-state index < -0.39 is 0 Å². The summed E-state index contributed by atoms with van der Waals surface area (Å²) in [6.07, 6.45) is 3.88. The van der Waals surface area contributed by atoms with Gasteiger partial charge < -0.3 is 0 Å². The molecule has 0 fully saturated rings. The van der Waals surface area contributed by atoms with Gasteiger partial charge in [0.1, 0.15) is 5.65 Å². The maximum atomic E-state index is 4.71. The van der Waals surface area contributed by atoms with Gasteiger partial charge in [-0.1, -0.05) is 30.3 Å². The predicted molar refractivity (Wildman–Crippen MR) is 75.9 cm³/mol. The number of pyridine rings is 2. The third-order valence-corrected chi connectivity index (χ3v) is 3.28. The van der Waals surface area contributed by atoms with Gasteiger partial charge in [0.2, 0.25) is 0 Å². The van der Waals surface area contributed by atoms with Gasteiger partial charge >= 0.3 is 0 Å². The van der Waals surface area contributed by atoms with Crippen molar-refractivity contribution in [3.05, 3.63) is 67.0 Å². The Bertz CT molecular complexity index is 877. The minimum Gasteiger partial charge on any atom is -0.298 e. The monoisotopic (exact) mass is 245 g/mol. The SMILES string of the molecule is c1ccc2nc(-c3cnc4ccccn34)ccc2c1. The lowest BCUT2D eigenvalue weighted by atomic mass is 10.2. The molecule has 3 aromatic heterocycles. The van der Waals surface area contributed by atoms with Crippen LogP contribution in [-0.4, -0.2) is 14.4 Å². The molecule has 0 atom stereocenters. The average Bonchev–Trinajstić information content (AvgIpc) is 2.91. The second-order valence-corrected chi connectivity index (χ2v) is 4.46. The third kappa shape index (κ3) is 1.59. The van der Waals surface area contributed by atoms with E-state index in [1.807, 2.05) is 54.9 Å². The van der Waals surface area contributed by atoms with Crippen LogP contribution in [0.3, 0.4) is 0 Å². The largest absolute Gasteiger partial charge is 0.298 e. The van der Waals surface area contributed by atoms with E-state index >= 15 is 0 Å². The van der Waals surface area contributed by atoms with E-state index in [2.05, 4.69) is 21.5 Å². The Morgan fingerprint density at radius 2 is 1.74 bits per heavy atom. The lowest BCUT2D eigenvalue weighted by Gasteiger charge is -2.03. The molecule has 3 heteroatoms. The van der Waals surface area contributed by atoms with Gasteiger partial charge in [-0.05, 0) is 24.3 Å². The van der Waals surface area contributed by atoms with Crippen molar-refractivity contribution in [3.63, 3.8) is 0 Å². The van der Waals surface area contributed by atoms with Gasteiger partial charge in [0.15, 0.2) is 0 Å². The maximum Gasteiger partial charge on any atom is 0.137 e. The molecule has 0 aliphatic rings. The van der Waals surface area contributed by atoms with Gasteiger partial charge in [0.25, 0.3) is 0 Å². The fourth-order valence-electron chi connectivity index (χ4n) is 2.33. The molecule has 0 aliphatic carbocycles. The average molecular weight is 245 g/mol. The molecule has 4 aromatic rings. The number of fused-ring (bicyclic) bond motifs is 2. The van der Waals surface area contributed by atoms with Crippen LogP contribution in [0.2, 0.25) is 0 Å². The maximum absolute atomic E-state index is 4.71. The van der Waals surface area contributed by atoms with Crippen molar-refractivity contribution < 1.29 is 0 Å². The number of aromatic nitrogens is 3. The first-order valence-electron chi connectivity index (χ1n) is 6.20. The van der Waals surface area contributed by atoms with Gasteiger partial charge in [-0.3, -0.25) is 4.40 Å². The second-order valence-electron chi connectivity index (χ2n) is 4.46. The summed E-state index contributed by atoms with van der Waals surface area (Å²) in [5.74, 6) is 0. The summed E-state index contributed by atoms with van der Waals surface area (Å²) in [5, 5.41) is 1.15. The summed E-state index contributed by atoms with van der Waals surface area (Å²) in [7, 11) is 0. The highest BCUT2D eigenvalue weighted by atomic mass is 15.0. The Kier molecular flexibility index (Phi) is 2.12. The molecule has 3 heterocycles. The highest BCUT2D eigenvalue weighted by Crippen LogP contribution is 2.21. The summed E-state index contributed by atoms with van der Waals surface area (Å²) >= 11 is 0. The van der Waals surface area contributed by atoms with Crippen LogP contribution in [0.25, 0.3) is 27.9 Å². The summed E-state index contributed by atoms with van der Waals surface area (Å²) < 4.78 is 2.05. The highest BCUT2D eigenvalue weighted by molar-refractivity contribution is 5.81. The quantitative estimate of drug-likeness (QED) is 0.513. The van der Waals surface area contributed by atoms with Gasteiger partial charge in [0.05, 0.1) is 23.1 Å². The minimum absolute atomic E-state index is 0.937. The van der Waals surface area contributed by atoms with E-state index in [9.17, 15) is 0 Å². The summed E-state index contributed by atoms with van der Waals surface area (Å²) in [5.41, 5.74) is 3.90. The smallest absolute Gasteiger partial charge is 0.137 e. The number of para-hydroxylation sites is 1. The molecule has 0 spiro atoms. The lowest BCUT2D eigenvalue weighted by molar-refractivity contribution is 1.17. The molecule has 0 N–H and O–H groups in total. The zero-order valence-corrected chi connectivity index (χ0v) is 10.2. The molecule has 1 aromatic carbocycles. The summed E-state index contributed by atoms with van der Waals surface area (Å²) in [4.78, 5) is 9.11. The van der Waals surface area contributed by atoms with Crippen LogP contribution in [0.1, 0.15) is 0 Å². The number of nitrogens with zero attached hydrogens (tertiary/aromatic N) is 3. The highest BCUT2D eigenvalue weighted by Gasteiger charge is 2.06. The first-order valence-corrected chi connectivity index (χ1v) is 6.20. The lowest BCUT2D eigenvalue weighted by Crippen LogP contribution is -1.90. The van der Waals surface area contributed by atoms with E-state index in [1.165, 1.54) is 0 Å². The molecule has 0 saturated carbocycles. The first kappa shape index (κ1) is 10.3. The van der Waals surface area contributed by atoms with Crippen LogP contribution < -0.4 is 0 Å². The van der Waals surface area contributed by atoms with Crippen LogP contribution in [0.4, 0.5) is 0 Å². The van der Waals surface area contributed by atoms with E-state index in [1.54, 1.807) is 0 Å². The molecule has 0 unspecified atom stereocenters. The zero-order chi connectivity index (χ0) is 12.7. The Morgan fingerprint density at radius 1 is 0.842 bits per heavy atom. The molecule has 0 radical (unpaired) electrons. The van der Waals surface area contributed by atoms with Crippen LogP contribution in [0.15, 0.2) is 67.0 Å². The Balaban J connectivity index is 1.99. The Hall–Kier alpha value is -2.68. The number of hydrogen-bond donors (Lipinski definition) is 0. The van der Waals surface area contributed by atoms with Crippen LogP contribution in [0.5, 0.6) is 0 Å². The van der Waals surface area contributed by atoms with E-state index in [-0.39, 0.29) is 0 Å². The Labute approximate surface area is 110 Å². The number of rotatable bonds is 1. The molecular weight excluding hydrogens is 234 g/mol. The zero-order valence-electron chi connectivity index (χ0n) is 10.2. The van der Waals surface area contributed by atoms with Crippen molar-refractivity contribution >= 4 is 16.6 Å². The van der Waals surface area contributed by atoms with Gasteiger partial charge in [-0.2, -0.15) is 0 Å². The van der Waals surface area contributed by atoms with Crippen molar-refractivity contribution in [2.75, 3.05) is 0 Å². The Morgan fingerprint density at radius 3 is 2.74 bits per heavy atom. The fraction of sp³-hybridized carbons (Fsp3) is 0. The van der Waals surface area contributed by atoms with E-state index in [0.717, 1.165) is 27.9 Å².